The summed E-state index contributed by atoms with van der Waals surface area (Å²) in [6, 6.07) is 50.4. The second-order valence-corrected chi connectivity index (χ2v) is 46.0. The van der Waals surface area contributed by atoms with Crippen LogP contribution in [-0.4, -0.2) is 9.97 Å². The number of hydrogen-bond donors (Lipinski definition) is 0. The molecule has 2 aliphatic carbocycles. The zero-order chi connectivity index (χ0) is 102. The normalized spacial score (nSPS) is 11.9. The molecule has 2 aromatic heterocycles. The lowest BCUT2D eigenvalue weighted by molar-refractivity contribution is 0.338. The fourth-order valence-electron chi connectivity index (χ4n) is 14.4. The molecule has 6 heteroatoms. The molecule has 6 aromatic carbocycles. The molecule has 2 nitrogen and oxygen atoms in total. The summed E-state index contributed by atoms with van der Waals surface area (Å²) in [4.78, 5) is 8.54. The van der Waals surface area contributed by atoms with Gasteiger partial charge in [0.15, 0.2) is 0 Å². The first-order valence-corrected chi connectivity index (χ1v) is 52.9. The third-order valence-corrected chi connectivity index (χ3v) is 21.7. The molecule has 2 saturated carbocycles. The molecule has 0 atom stereocenters. The van der Waals surface area contributed by atoms with E-state index in [0.29, 0.717) is 40.9 Å². The Morgan fingerprint density at radius 1 is 0.306 bits per heavy atom. The van der Waals surface area contributed by atoms with Crippen LogP contribution < -0.4 is 0 Å². The molecule has 2 aliphatic rings. The summed E-state index contributed by atoms with van der Waals surface area (Å²) >= 11 is 0. The largest absolute Gasteiger partial charge is 0.261 e. The second-order valence-electron chi connectivity index (χ2n) is 46.0. The monoisotopic (exact) mass is 1860 g/mol. The van der Waals surface area contributed by atoms with Gasteiger partial charge in [0.2, 0.25) is 0 Å². The standard InChI is InChI=1S/C12H18.3C11H15F.C10H13F.C10H15N.C10H14.C9H13N.C9H20.2C8H16.C8H18.C7H16.C3H8.CH4/c1-9(2)7-12-6-5-10(3)11(4)8-12;3*1-8(2)6-10-4-5-11(12)9(3)7-10;1-8(2)7-9-3-5-10(11)6-4-9;1-8(2)6-10-5-4-9(3)7-11-10;1-9(2)8-10-6-4-3-5-7-10;1-8(2)7-9-5-3-4-6-10-9;1-8(2)6-7-9(3,4)5;1-7(2)3-4-8-5-6-8;1-7(2)8-5-3-4-6-8;1-7(2)5-6-8(3)4;1-6(2)5-7(3)4;1-3-2;/h5-6,8-9H,7H2,1-4H3;3*4-5,7-8H,6H2,1-3H3;3-6,8H,7H2,1-2H3;4-5,7-8H,6H2,1-3H3;3-7,9H,8H2,1-2H3;3-6,8H,7H2,1-2H3;8H,6-7H2,1-5H3;2*7-8H,3-6H2,1-2H3;7-8H,5-6H2,1-4H3;6-7H,5H2,1-4H3;3H2,1-2H3;1H4. The van der Waals surface area contributed by atoms with E-state index in [-0.39, 0.29) is 30.7 Å². The third-order valence-electron chi connectivity index (χ3n) is 21.7. The Morgan fingerprint density at radius 3 is 0.888 bits per heavy atom. The predicted molar refractivity (Wildman–Crippen MR) is 597 cm³/mol. The van der Waals surface area contributed by atoms with Gasteiger partial charge in [-0.15, -0.1) is 0 Å². The Bertz CT molecular complexity index is 3590. The maximum atomic E-state index is 12.8. The van der Waals surface area contributed by atoms with Gasteiger partial charge in [-0.1, -0.05) is 436 Å². The molecular weight excluding hydrogens is 1640 g/mol. The van der Waals surface area contributed by atoms with Gasteiger partial charge in [0, 0.05) is 23.8 Å². The number of aryl methyl sites for hydroxylation is 6. The van der Waals surface area contributed by atoms with Crippen LogP contribution in [0.4, 0.5) is 17.6 Å². The molecule has 8 aromatic rings. The first-order chi connectivity index (χ1) is 62.0. The van der Waals surface area contributed by atoms with Crippen LogP contribution in [0.3, 0.4) is 0 Å². The Labute approximate surface area is 832 Å². The van der Waals surface area contributed by atoms with Gasteiger partial charge < -0.3 is 0 Å². The van der Waals surface area contributed by atoms with E-state index in [9.17, 15) is 17.6 Å². The maximum Gasteiger partial charge on any atom is 0.126 e. The number of rotatable bonds is 27. The molecular formula is C128H216F4N2. The first-order valence-electron chi connectivity index (χ1n) is 52.9. The van der Waals surface area contributed by atoms with Crippen LogP contribution in [0.1, 0.15) is 418 Å². The first kappa shape index (κ1) is 136. The highest BCUT2D eigenvalue weighted by Gasteiger charge is 2.21. The summed E-state index contributed by atoms with van der Waals surface area (Å²) in [6.45, 7) is 90.1. The van der Waals surface area contributed by atoms with Crippen molar-refractivity contribution in [1.29, 1.82) is 0 Å². The number of halogens is 4. The second kappa shape index (κ2) is 81.2. The number of pyridine rings is 2. The molecule has 0 amide bonds. The van der Waals surface area contributed by atoms with Crippen molar-refractivity contribution in [2.75, 3.05) is 0 Å². The summed E-state index contributed by atoms with van der Waals surface area (Å²) < 4.78 is 50.9. The van der Waals surface area contributed by atoms with E-state index < -0.39 is 0 Å². The van der Waals surface area contributed by atoms with E-state index in [1.165, 1.54) is 176 Å². The maximum absolute atomic E-state index is 12.8. The minimum absolute atomic E-state index is 0. The van der Waals surface area contributed by atoms with Crippen LogP contribution in [0.5, 0.6) is 0 Å². The van der Waals surface area contributed by atoms with Crippen LogP contribution in [0.2, 0.25) is 0 Å². The van der Waals surface area contributed by atoms with E-state index >= 15 is 0 Å². The van der Waals surface area contributed by atoms with Gasteiger partial charge in [0.1, 0.15) is 23.3 Å². The van der Waals surface area contributed by atoms with Gasteiger partial charge in [0.25, 0.3) is 0 Å². The van der Waals surface area contributed by atoms with E-state index in [4.69, 9.17) is 0 Å². The van der Waals surface area contributed by atoms with Crippen molar-refractivity contribution < 1.29 is 17.6 Å². The molecule has 0 radical (unpaired) electrons. The molecule has 0 aliphatic heterocycles. The van der Waals surface area contributed by atoms with Gasteiger partial charge in [0.05, 0.1) is 0 Å². The number of hydrogen-bond acceptors (Lipinski definition) is 2. The lowest BCUT2D eigenvalue weighted by Crippen LogP contribution is -2.05. The lowest BCUT2D eigenvalue weighted by atomic mass is 9.88. The molecule has 766 valence electrons. The smallest absolute Gasteiger partial charge is 0.126 e. The SMILES string of the molecule is C.CC(C)C1CCCC1.CC(C)CC(C)C.CC(C)CCC(C)(C)C.CC(C)CCC(C)C.CC(C)CCC1CC1.CC(C)Cc1ccc(F)cc1.CC(C)Cc1ccccc1.CC(C)Cc1ccccn1.CCC.Cc1cc(CC(C)C)ccc1F.Cc1cc(CC(C)C)ccc1F.Cc1cc(CC(C)C)ccc1F.Cc1ccc(CC(C)C)cc1C.Cc1ccc(CC(C)C)nc1. The van der Waals surface area contributed by atoms with Crippen molar-refractivity contribution in [3.8, 4) is 0 Å². The van der Waals surface area contributed by atoms with Crippen molar-refractivity contribution in [2.24, 2.45) is 106 Å². The lowest BCUT2D eigenvalue weighted by Gasteiger charge is -2.18. The molecule has 2 heterocycles. The van der Waals surface area contributed by atoms with Crippen molar-refractivity contribution in [1.82, 2.24) is 9.97 Å². The zero-order valence-electron chi connectivity index (χ0n) is 94.4. The predicted octanol–water partition coefficient (Wildman–Crippen LogP) is 41.2. The average molecular weight is 1860 g/mol. The van der Waals surface area contributed by atoms with Gasteiger partial charge in [-0.2, -0.15) is 0 Å². The molecule has 10 rings (SSSR count). The summed E-state index contributed by atoms with van der Waals surface area (Å²) in [5.74, 6) is 13.4. The van der Waals surface area contributed by atoms with E-state index in [2.05, 4.69) is 340 Å². The Morgan fingerprint density at radius 2 is 0.627 bits per heavy atom. The topological polar surface area (TPSA) is 25.8 Å². The minimum Gasteiger partial charge on any atom is -0.261 e. The minimum atomic E-state index is -0.155. The molecule has 134 heavy (non-hydrogen) atoms. The van der Waals surface area contributed by atoms with Crippen LogP contribution in [0.15, 0.2) is 170 Å². The quantitative estimate of drug-likeness (QED) is 0.0480. The molecule has 0 spiro atoms. The average Bonchev–Trinajstić information content (AvgIpc) is 1.04. The van der Waals surface area contributed by atoms with Crippen LogP contribution >= 0.6 is 0 Å². The number of nitrogens with zero attached hydrogens (tertiary/aromatic N) is 2. The summed E-state index contributed by atoms with van der Waals surface area (Å²) in [5, 5.41) is 0. The molecule has 0 saturated heterocycles. The Balaban J connectivity index is -0.000000448. The van der Waals surface area contributed by atoms with Gasteiger partial charge in [-0.3, -0.25) is 9.97 Å². The highest BCUT2D eigenvalue weighted by atomic mass is 19.1. The summed E-state index contributed by atoms with van der Waals surface area (Å²) in [5.41, 5.74) is 17.0. The van der Waals surface area contributed by atoms with Gasteiger partial charge in [-0.25, -0.2) is 17.6 Å². The Hall–Kier alpha value is -6.66. The van der Waals surface area contributed by atoms with Crippen LogP contribution in [0.25, 0.3) is 0 Å². The van der Waals surface area contributed by atoms with Crippen molar-refractivity contribution in [2.45, 2.75) is 433 Å². The van der Waals surface area contributed by atoms with E-state index in [1.54, 1.807) is 39.0 Å². The number of benzene rings is 6. The highest BCUT2D eigenvalue weighted by molar-refractivity contribution is 5.31. The Kier molecular flexibility index (Phi) is 82.3. The summed E-state index contributed by atoms with van der Waals surface area (Å²) in [7, 11) is 0. The molecule has 0 bridgehead atoms. The summed E-state index contributed by atoms with van der Waals surface area (Å²) in [6.07, 6.45) is 32.5. The van der Waals surface area contributed by atoms with E-state index in [1.807, 2.05) is 73.1 Å². The zero-order valence-corrected chi connectivity index (χ0v) is 94.4. The fourth-order valence-corrected chi connectivity index (χ4v) is 14.4. The van der Waals surface area contributed by atoms with Crippen LogP contribution in [0, 0.1) is 171 Å². The van der Waals surface area contributed by atoms with Gasteiger partial charge in [-0.05, 0) is 327 Å². The molecule has 0 unspecified atom stereocenters. The number of aromatic nitrogens is 2. The van der Waals surface area contributed by atoms with Gasteiger partial charge >= 0.3 is 0 Å². The van der Waals surface area contributed by atoms with E-state index in [0.717, 1.165) is 120 Å². The fraction of sp³-hybridized carbons (Fsp3) is 0.641. The van der Waals surface area contributed by atoms with Crippen molar-refractivity contribution >= 4 is 0 Å². The van der Waals surface area contributed by atoms with Crippen molar-refractivity contribution in [3.05, 3.63) is 272 Å². The highest BCUT2D eigenvalue weighted by Crippen LogP contribution is 2.35. The third kappa shape index (κ3) is 89.3. The molecule has 2 fully saturated rings. The van der Waals surface area contributed by atoms with Crippen LogP contribution in [-0.2, 0) is 51.4 Å². The molecule has 0 N–H and O–H groups in total. The van der Waals surface area contributed by atoms with Crippen molar-refractivity contribution in [3.63, 3.8) is 0 Å².